The van der Waals surface area contributed by atoms with Gasteiger partial charge in [-0.15, -0.1) is 5.10 Å². The number of carboxylic acid groups (broad SMARTS) is 1. The van der Waals surface area contributed by atoms with Crippen LogP contribution in [0.4, 0.5) is 0 Å². The Morgan fingerprint density at radius 1 is 1.44 bits per heavy atom. The number of aromatic carboxylic acids is 1. The Labute approximate surface area is 100.0 Å². The first-order valence-corrected chi connectivity index (χ1v) is 4.83. The van der Waals surface area contributed by atoms with Gasteiger partial charge in [-0.25, -0.2) is 14.8 Å². The lowest BCUT2D eigenvalue weighted by Crippen LogP contribution is -2.26. The van der Waals surface area contributed by atoms with Crippen LogP contribution in [0.15, 0.2) is 11.1 Å². The summed E-state index contributed by atoms with van der Waals surface area (Å²) < 4.78 is 2.14. The maximum Gasteiger partial charge on any atom is 0.358 e. The standard InChI is InChI=1S/C9H9N5O4/c1-4-10-3-14(12-4)9-11-5(8(17)18)6(15)7(16)13(9)2/h3,15H,1-2H3,(H,17,18). The molecule has 94 valence electrons. The number of hydrogen-bond donors (Lipinski definition) is 2. The van der Waals surface area contributed by atoms with Crippen LogP contribution in [0.2, 0.25) is 0 Å². The molecule has 0 fully saturated rings. The minimum Gasteiger partial charge on any atom is -0.501 e. The fraction of sp³-hybridized carbons (Fsp3) is 0.222. The first-order chi connectivity index (χ1) is 8.41. The SMILES string of the molecule is Cc1ncn(-c2nc(C(=O)O)c(O)c(=O)n2C)n1. The minimum atomic E-state index is -1.50. The maximum absolute atomic E-state index is 11.6. The van der Waals surface area contributed by atoms with Crippen molar-refractivity contribution in [1.29, 1.82) is 0 Å². The highest BCUT2D eigenvalue weighted by Gasteiger charge is 2.20. The van der Waals surface area contributed by atoms with E-state index in [1.165, 1.54) is 13.4 Å². The third-order valence-electron chi connectivity index (χ3n) is 2.26. The number of rotatable bonds is 2. The molecule has 2 N–H and O–H groups in total. The first kappa shape index (κ1) is 11.8. The van der Waals surface area contributed by atoms with E-state index >= 15 is 0 Å². The van der Waals surface area contributed by atoms with Crippen LogP contribution < -0.4 is 5.56 Å². The molecule has 0 aliphatic carbocycles. The molecule has 0 saturated carbocycles. The Kier molecular flexibility index (Phi) is 2.58. The van der Waals surface area contributed by atoms with Gasteiger partial charge in [0, 0.05) is 7.05 Å². The van der Waals surface area contributed by atoms with Gasteiger partial charge in [-0.3, -0.25) is 9.36 Å². The van der Waals surface area contributed by atoms with E-state index in [1.54, 1.807) is 6.92 Å². The molecule has 0 saturated heterocycles. The molecule has 0 aliphatic heterocycles. The third kappa shape index (κ3) is 1.71. The predicted octanol–water partition coefficient (Wildman–Crippen LogP) is -0.927. The second-order valence-electron chi connectivity index (χ2n) is 3.51. The molecule has 0 radical (unpaired) electrons. The van der Waals surface area contributed by atoms with Crippen LogP contribution >= 0.6 is 0 Å². The van der Waals surface area contributed by atoms with E-state index in [0.717, 1.165) is 9.25 Å². The fourth-order valence-electron chi connectivity index (χ4n) is 1.38. The summed E-state index contributed by atoms with van der Waals surface area (Å²) in [6.45, 7) is 1.63. The number of aromatic hydroxyl groups is 1. The zero-order valence-electron chi connectivity index (χ0n) is 9.52. The molecule has 0 bridgehead atoms. The minimum absolute atomic E-state index is 0.0456. The molecule has 9 nitrogen and oxygen atoms in total. The summed E-state index contributed by atoms with van der Waals surface area (Å²) in [4.78, 5) is 30.0. The Bertz CT molecular complexity index is 687. The summed E-state index contributed by atoms with van der Waals surface area (Å²) in [5.74, 6) is -2.01. The van der Waals surface area contributed by atoms with Gasteiger partial charge in [0.2, 0.25) is 11.7 Å². The molecule has 2 aromatic heterocycles. The van der Waals surface area contributed by atoms with Crippen molar-refractivity contribution in [2.75, 3.05) is 0 Å². The molecule has 2 heterocycles. The van der Waals surface area contributed by atoms with Crippen LogP contribution in [-0.2, 0) is 7.05 Å². The average molecular weight is 251 g/mol. The largest absolute Gasteiger partial charge is 0.501 e. The van der Waals surface area contributed by atoms with Crippen molar-refractivity contribution in [3.05, 3.63) is 28.2 Å². The summed E-state index contributed by atoms with van der Waals surface area (Å²) in [6.07, 6.45) is 1.29. The van der Waals surface area contributed by atoms with Gasteiger partial charge in [-0.2, -0.15) is 4.68 Å². The number of aromatic nitrogens is 5. The molecule has 9 heteroatoms. The monoisotopic (exact) mass is 251 g/mol. The molecule has 0 spiro atoms. The lowest BCUT2D eigenvalue weighted by molar-refractivity contribution is 0.0686. The molecule has 0 amide bonds. The normalized spacial score (nSPS) is 10.6. The lowest BCUT2D eigenvalue weighted by atomic mass is 10.3. The number of nitrogens with zero attached hydrogens (tertiary/aromatic N) is 5. The molecule has 0 aromatic carbocycles. The quantitative estimate of drug-likeness (QED) is 0.706. The van der Waals surface area contributed by atoms with Crippen LogP contribution in [-0.4, -0.2) is 40.5 Å². The highest BCUT2D eigenvalue weighted by molar-refractivity contribution is 5.88. The number of carbonyl (C=O) groups is 1. The molecule has 0 unspecified atom stereocenters. The molecule has 2 rings (SSSR count). The van der Waals surface area contributed by atoms with Crippen molar-refractivity contribution in [3.63, 3.8) is 0 Å². The second kappa shape index (κ2) is 3.95. The highest BCUT2D eigenvalue weighted by atomic mass is 16.4. The van der Waals surface area contributed by atoms with Gasteiger partial charge in [0.25, 0.3) is 5.56 Å². The van der Waals surface area contributed by atoms with Gasteiger partial charge in [-0.05, 0) is 6.92 Å². The Morgan fingerprint density at radius 2 is 2.11 bits per heavy atom. The third-order valence-corrected chi connectivity index (χ3v) is 2.26. The molecule has 0 aliphatic rings. The van der Waals surface area contributed by atoms with Crippen LogP contribution in [0.3, 0.4) is 0 Å². The van der Waals surface area contributed by atoms with Crippen LogP contribution in [0, 0.1) is 6.92 Å². The van der Waals surface area contributed by atoms with E-state index in [1.807, 2.05) is 0 Å². The molecule has 0 atom stereocenters. The summed E-state index contributed by atoms with van der Waals surface area (Å²) >= 11 is 0. The van der Waals surface area contributed by atoms with Gasteiger partial charge in [-0.1, -0.05) is 0 Å². The van der Waals surface area contributed by atoms with Gasteiger partial charge in [0.15, 0.2) is 5.69 Å². The van der Waals surface area contributed by atoms with E-state index in [4.69, 9.17) is 5.11 Å². The number of carboxylic acids is 1. The van der Waals surface area contributed by atoms with Crippen LogP contribution in [0.25, 0.3) is 5.95 Å². The van der Waals surface area contributed by atoms with Crippen molar-refractivity contribution in [2.24, 2.45) is 7.05 Å². The predicted molar refractivity (Wildman–Crippen MR) is 57.8 cm³/mol. The smallest absolute Gasteiger partial charge is 0.358 e. The topological polar surface area (TPSA) is 123 Å². The molecule has 18 heavy (non-hydrogen) atoms. The summed E-state index contributed by atoms with van der Waals surface area (Å²) in [7, 11) is 1.34. The summed E-state index contributed by atoms with van der Waals surface area (Å²) in [5, 5.41) is 22.2. The summed E-state index contributed by atoms with van der Waals surface area (Å²) in [6, 6.07) is 0. The lowest BCUT2D eigenvalue weighted by Gasteiger charge is -2.08. The van der Waals surface area contributed by atoms with Crippen molar-refractivity contribution in [1.82, 2.24) is 24.3 Å². The number of hydrogen-bond acceptors (Lipinski definition) is 6. The number of aryl methyl sites for hydroxylation is 1. The van der Waals surface area contributed by atoms with Crippen LogP contribution in [0.5, 0.6) is 5.75 Å². The van der Waals surface area contributed by atoms with E-state index in [2.05, 4.69) is 15.1 Å². The van der Waals surface area contributed by atoms with Gasteiger partial charge >= 0.3 is 5.97 Å². The zero-order chi connectivity index (χ0) is 13.4. The van der Waals surface area contributed by atoms with Crippen molar-refractivity contribution >= 4 is 5.97 Å². The van der Waals surface area contributed by atoms with Crippen molar-refractivity contribution in [2.45, 2.75) is 6.92 Å². The Balaban J connectivity index is 2.76. The second-order valence-corrected chi connectivity index (χ2v) is 3.51. The van der Waals surface area contributed by atoms with E-state index < -0.39 is 23.0 Å². The average Bonchev–Trinajstić information content (AvgIpc) is 2.72. The van der Waals surface area contributed by atoms with E-state index in [0.29, 0.717) is 5.82 Å². The maximum atomic E-state index is 11.6. The van der Waals surface area contributed by atoms with Crippen molar-refractivity contribution in [3.8, 4) is 11.7 Å². The van der Waals surface area contributed by atoms with E-state index in [9.17, 15) is 14.7 Å². The summed E-state index contributed by atoms with van der Waals surface area (Å²) in [5.41, 5.74) is -1.59. The molecular weight excluding hydrogens is 242 g/mol. The Morgan fingerprint density at radius 3 is 2.61 bits per heavy atom. The van der Waals surface area contributed by atoms with E-state index in [-0.39, 0.29) is 5.95 Å². The Hall–Kier alpha value is -2.71. The highest BCUT2D eigenvalue weighted by Crippen LogP contribution is 2.11. The van der Waals surface area contributed by atoms with Gasteiger partial charge in [0.1, 0.15) is 12.2 Å². The first-order valence-electron chi connectivity index (χ1n) is 4.83. The molecular formula is C9H9N5O4. The van der Waals surface area contributed by atoms with Gasteiger partial charge in [0.05, 0.1) is 0 Å². The van der Waals surface area contributed by atoms with Crippen LogP contribution in [0.1, 0.15) is 16.3 Å². The van der Waals surface area contributed by atoms with Gasteiger partial charge < -0.3 is 10.2 Å². The van der Waals surface area contributed by atoms with Crippen molar-refractivity contribution < 1.29 is 15.0 Å². The molecule has 2 aromatic rings. The fourth-order valence-corrected chi connectivity index (χ4v) is 1.38. The zero-order valence-corrected chi connectivity index (χ0v) is 9.52.